The summed E-state index contributed by atoms with van der Waals surface area (Å²) in [7, 11) is 0. The lowest BCUT2D eigenvalue weighted by atomic mass is 10.1. The van der Waals surface area contributed by atoms with Gasteiger partial charge in [0, 0.05) is 0 Å². The summed E-state index contributed by atoms with van der Waals surface area (Å²) in [5, 5.41) is 0. The maximum atomic E-state index is 12.0. The molecule has 0 saturated heterocycles. The zero-order chi connectivity index (χ0) is 23.7. The highest BCUT2D eigenvalue weighted by Crippen LogP contribution is 2.13. The van der Waals surface area contributed by atoms with Crippen LogP contribution < -0.4 is 0 Å². The van der Waals surface area contributed by atoms with Crippen LogP contribution in [0.15, 0.2) is 0 Å². The third kappa shape index (κ3) is 21.5. The van der Waals surface area contributed by atoms with Crippen LogP contribution in [-0.4, -0.2) is 29.1 Å². The van der Waals surface area contributed by atoms with E-state index in [9.17, 15) is 9.59 Å². The van der Waals surface area contributed by atoms with E-state index < -0.39 is 15.9 Å². The number of halogens is 1. The first-order valence-corrected chi connectivity index (χ1v) is 14.8. The molecule has 190 valence electrons. The minimum atomic E-state index is -0.848. The molecule has 0 atom stereocenters. The fourth-order valence-corrected chi connectivity index (χ4v) is 4.13. The van der Waals surface area contributed by atoms with E-state index in [1.807, 2.05) is 22.6 Å². The van der Waals surface area contributed by atoms with Crippen molar-refractivity contribution in [2.24, 2.45) is 0 Å². The van der Waals surface area contributed by atoms with Crippen molar-refractivity contribution >= 4 is 34.5 Å². The van der Waals surface area contributed by atoms with Crippen LogP contribution in [0.3, 0.4) is 0 Å². The largest absolute Gasteiger partial charge is 0.464 e. The predicted octanol–water partition coefficient (Wildman–Crippen LogP) is 8.72. The number of hydrogen-bond donors (Lipinski definition) is 0. The Kier molecular flexibility index (Phi) is 25.0. The van der Waals surface area contributed by atoms with Crippen molar-refractivity contribution in [2.75, 3.05) is 13.2 Å². The first kappa shape index (κ1) is 31.7. The molecular weight excluding hydrogens is 515 g/mol. The summed E-state index contributed by atoms with van der Waals surface area (Å²) in [6.45, 7) is 5.30. The number of rotatable bonds is 24. The van der Waals surface area contributed by atoms with E-state index in [0.29, 0.717) is 13.2 Å². The fourth-order valence-electron chi connectivity index (χ4n) is 3.77. The number of esters is 2. The summed E-state index contributed by atoms with van der Waals surface area (Å²) in [5.74, 6) is -0.927. The van der Waals surface area contributed by atoms with Crippen molar-refractivity contribution in [3.05, 3.63) is 0 Å². The average molecular weight is 567 g/mol. The molecule has 0 aliphatic carbocycles. The summed E-state index contributed by atoms with van der Waals surface area (Å²) in [6.07, 6.45) is 24.9. The molecule has 0 aliphatic heterocycles. The molecule has 0 amide bonds. The van der Waals surface area contributed by atoms with Crippen LogP contribution >= 0.6 is 22.6 Å². The Labute approximate surface area is 212 Å². The zero-order valence-corrected chi connectivity index (χ0v) is 23.3. The number of ether oxygens (including phenoxy) is 2. The van der Waals surface area contributed by atoms with Gasteiger partial charge in [-0.15, -0.1) is 0 Å². The maximum absolute atomic E-state index is 12.0. The van der Waals surface area contributed by atoms with Crippen LogP contribution in [0.25, 0.3) is 0 Å². The van der Waals surface area contributed by atoms with E-state index in [2.05, 4.69) is 13.8 Å². The molecule has 4 nitrogen and oxygen atoms in total. The molecule has 0 spiro atoms. The standard InChI is InChI=1S/C27H51IO4/c1-3-5-7-9-11-13-15-17-19-21-23-31-26(29)25(28)27(30)32-24-22-20-18-16-14-12-10-8-6-4-2/h25H,3-24H2,1-2H3. The lowest BCUT2D eigenvalue weighted by Gasteiger charge is -2.10. The molecule has 0 unspecified atom stereocenters. The van der Waals surface area contributed by atoms with Gasteiger partial charge in [-0.05, 0) is 12.8 Å². The van der Waals surface area contributed by atoms with E-state index in [1.54, 1.807) is 0 Å². The van der Waals surface area contributed by atoms with E-state index in [-0.39, 0.29) is 0 Å². The average Bonchev–Trinajstić information content (AvgIpc) is 2.80. The van der Waals surface area contributed by atoms with Crippen molar-refractivity contribution in [3.63, 3.8) is 0 Å². The third-order valence-corrected chi connectivity index (χ3v) is 6.92. The summed E-state index contributed by atoms with van der Waals surface area (Å²) in [5.41, 5.74) is 0. The molecule has 0 aromatic rings. The van der Waals surface area contributed by atoms with Crippen LogP contribution in [-0.2, 0) is 19.1 Å². The Hall–Kier alpha value is -0.330. The molecular formula is C27H51IO4. The van der Waals surface area contributed by atoms with E-state index in [4.69, 9.17) is 9.47 Å². The first-order valence-electron chi connectivity index (χ1n) is 13.6. The summed E-state index contributed by atoms with van der Waals surface area (Å²) in [4.78, 5) is 24.0. The Morgan fingerprint density at radius 3 is 1.03 bits per heavy atom. The Morgan fingerprint density at radius 1 is 0.500 bits per heavy atom. The number of alkyl halides is 1. The van der Waals surface area contributed by atoms with Gasteiger partial charge in [0.2, 0.25) is 3.92 Å². The highest BCUT2D eigenvalue weighted by atomic mass is 127. The van der Waals surface area contributed by atoms with Gasteiger partial charge in [-0.25, -0.2) is 0 Å². The van der Waals surface area contributed by atoms with Gasteiger partial charge in [-0.2, -0.15) is 0 Å². The molecule has 0 aromatic carbocycles. The van der Waals surface area contributed by atoms with Gasteiger partial charge in [0.1, 0.15) is 0 Å². The summed E-state index contributed by atoms with van der Waals surface area (Å²) in [6, 6.07) is 0. The van der Waals surface area contributed by atoms with E-state index in [1.165, 1.54) is 103 Å². The highest BCUT2D eigenvalue weighted by Gasteiger charge is 2.26. The van der Waals surface area contributed by atoms with Crippen molar-refractivity contribution in [2.45, 2.75) is 146 Å². The SMILES string of the molecule is CCCCCCCCCCCCOC(=O)C(I)C(=O)OCCCCCCCCCCCC. The topological polar surface area (TPSA) is 52.6 Å². The molecule has 0 rings (SSSR count). The second kappa shape index (κ2) is 25.3. The molecule has 0 N–H and O–H groups in total. The number of carbonyl (C=O) groups excluding carboxylic acids is 2. The van der Waals surface area contributed by atoms with Gasteiger partial charge in [0.25, 0.3) is 0 Å². The monoisotopic (exact) mass is 566 g/mol. The molecule has 0 saturated carbocycles. The predicted molar refractivity (Wildman–Crippen MR) is 143 cm³/mol. The lowest BCUT2D eigenvalue weighted by Crippen LogP contribution is -2.28. The van der Waals surface area contributed by atoms with Crippen molar-refractivity contribution in [1.29, 1.82) is 0 Å². The molecule has 5 heteroatoms. The Balaban J connectivity index is 3.48. The molecule has 0 aliphatic rings. The molecule has 32 heavy (non-hydrogen) atoms. The second-order valence-corrected chi connectivity index (χ2v) is 10.3. The molecule has 0 fully saturated rings. The number of carbonyl (C=O) groups is 2. The smallest absolute Gasteiger partial charge is 0.330 e. The molecule has 0 radical (unpaired) electrons. The fraction of sp³-hybridized carbons (Fsp3) is 0.926. The van der Waals surface area contributed by atoms with E-state index >= 15 is 0 Å². The third-order valence-electron chi connectivity index (χ3n) is 5.90. The number of unbranched alkanes of at least 4 members (excludes halogenated alkanes) is 18. The molecule has 0 bridgehead atoms. The van der Waals surface area contributed by atoms with Crippen molar-refractivity contribution in [3.8, 4) is 0 Å². The van der Waals surface area contributed by atoms with Gasteiger partial charge < -0.3 is 9.47 Å². The van der Waals surface area contributed by atoms with Crippen LogP contribution in [0.5, 0.6) is 0 Å². The Morgan fingerprint density at radius 2 is 0.750 bits per heavy atom. The van der Waals surface area contributed by atoms with Gasteiger partial charge in [-0.3, -0.25) is 9.59 Å². The van der Waals surface area contributed by atoms with Crippen molar-refractivity contribution in [1.82, 2.24) is 0 Å². The summed E-state index contributed by atoms with van der Waals surface area (Å²) < 4.78 is 9.66. The van der Waals surface area contributed by atoms with Crippen LogP contribution in [0.4, 0.5) is 0 Å². The van der Waals surface area contributed by atoms with Crippen LogP contribution in [0.1, 0.15) is 142 Å². The lowest BCUT2D eigenvalue weighted by molar-refractivity contribution is -0.152. The minimum absolute atomic E-state index is 0.403. The van der Waals surface area contributed by atoms with Gasteiger partial charge in [0.05, 0.1) is 13.2 Å². The van der Waals surface area contributed by atoms with Gasteiger partial charge in [0.15, 0.2) is 0 Å². The Bertz CT molecular complexity index is 390. The van der Waals surface area contributed by atoms with Crippen LogP contribution in [0, 0.1) is 0 Å². The number of hydrogen-bond acceptors (Lipinski definition) is 4. The quantitative estimate of drug-likeness (QED) is 0.0386. The van der Waals surface area contributed by atoms with Crippen molar-refractivity contribution < 1.29 is 19.1 Å². The minimum Gasteiger partial charge on any atom is -0.464 e. The van der Waals surface area contributed by atoms with Gasteiger partial charge >= 0.3 is 11.9 Å². The van der Waals surface area contributed by atoms with Gasteiger partial charge in [-0.1, -0.05) is 152 Å². The normalized spacial score (nSPS) is 11.1. The molecule has 0 aromatic heterocycles. The summed E-state index contributed by atoms with van der Waals surface area (Å²) >= 11 is 1.83. The second-order valence-electron chi connectivity index (χ2n) is 9.06. The van der Waals surface area contributed by atoms with E-state index in [0.717, 1.165) is 25.7 Å². The maximum Gasteiger partial charge on any atom is 0.330 e. The molecule has 0 heterocycles. The highest BCUT2D eigenvalue weighted by molar-refractivity contribution is 14.1. The zero-order valence-electron chi connectivity index (χ0n) is 21.1. The van der Waals surface area contributed by atoms with Crippen LogP contribution in [0.2, 0.25) is 0 Å². The first-order chi connectivity index (χ1) is 15.6.